The molecule has 1 atom stereocenters. The summed E-state index contributed by atoms with van der Waals surface area (Å²) in [5.74, 6) is 0.618. The van der Waals surface area contributed by atoms with Crippen molar-refractivity contribution in [2.45, 2.75) is 57.4 Å². The number of nitrogens with zero attached hydrogens (tertiary/aromatic N) is 2. The van der Waals surface area contributed by atoms with E-state index in [9.17, 15) is 14.3 Å². The van der Waals surface area contributed by atoms with E-state index in [1.165, 1.54) is 12.1 Å². The van der Waals surface area contributed by atoms with E-state index >= 15 is 0 Å². The summed E-state index contributed by atoms with van der Waals surface area (Å²) in [6.45, 7) is 7.23. The summed E-state index contributed by atoms with van der Waals surface area (Å²) in [7, 11) is 0. The Balaban J connectivity index is 0.00000212. The number of aromatic nitrogens is 1. The molecule has 2 aromatic carbocycles. The number of likely N-dealkylation sites (tertiary alicyclic amines) is 2. The fourth-order valence-corrected chi connectivity index (χ4v) is 5.98. The van der Waals surface area contributed by atoms with E-state index in [4.69, 9.17) is 13.9 Å². The van der Waals surface area contributed by atoms with Gasteiger partial charge in [0.05, 0.1) is 17.9 Å². The summed E-state index contributed by atoms with van der Waals surface area (Å²) in [6.07, 6.45) is 4.40. The molecule has 234 valence electrons. The standard InChI is InChI=1S/C31H37FN4O5.2ClH/c1-20(36-13-9-24(37)10-14-36)17-35-11-7-23(8-12-35)33-31(38)41-30-16-26-27(34-30)3-2-4-28(26)39-18-21-19-40-29-6-5-22(32)15-25(21)29;;/h2-6,15-16,19-20,23-24,34,37H,7-14,17-18H2,1H3,(H,33,38);2*1H/t20-;;/m0../s1. The third-order valence-electron chi connectivity index (χ3n) is 8.36. The first-order valence-corrected chi connectivity index (χ1v) is 14.4. The van der Waals surface area contributed by atoms with Gasteiger partial charge in [0.1, 0.15) is 23.8 Å². The highest BCUT2D eigenvalue weighted by molar-refractivity contribution is 5.88. The van der Waals surface area contributed by atoms with Gasteiger partial charge in [-0.05, 0) is 62.9 Å². The molecule has 9 nitrogen and oxygen atoms in total. The third kappa shape index (κ3) is 7.93. The molecule has 3 N–H and O–H groups in total. The lowest BCUT2D eigenvalue weighted by Gasteiger charge is -2.39. The van der Waals surface area contributed by atoms with Crippen LogP contribution in [0.3, 0.4) is 0 Å². The predicted octanol–water partition coefficient (Wildman–Crippen LogP) is 5.87. The minimum absolute atomic E-state index is 0. The molecule has 12 heteroatoms. The molecule has 0 radical (unpaired) electrons. The Kier molecular flexibility index (Phi) is 11.2. The highest BCUT2D eigenvalue weighted by atomic mass is 35.5. The molecule has 2 aliphatic heterocycles. The zero-order valence-corrected chi connectivity index (χ0v) is 25.7. The van der Waals surface area contributed by atoms with Crippen LogP contribution in [0.15, 0.2) is 53.1 Å². The van der Waals surface area contributed by atoms with E-state index in [2.05, 4.69) is 27.0 Å². The zero-order chi connectivity index (χ0) is 28.3. The number of fused-ring (bicyclic) bond motifs is 2. The van der Waals surface area contributed by atoms with Crippen LogP contribution < -0.4 is 14.8 Å². The van der Waals surface area contributed by atoms with Crippen LogP contribution >= 0.6 is 24.8 Å². The summed E-state index contributed by atoms with van der Waals surface area (Å²) in [5, 5.41) is 14.2. The molecule has 0 unspecified atom stereocenters. The van der Waals surface area contributed by atoms with Gasteiger partial charge in [0.25, 0.3) is 0 Å². The molecule has 2 saturated heterocycles. The van der Waals surface area contributed by atoms with Crippen LogP contribution in [0.2, 0.25) is 0 Å². The summed E-state index contributed by atoms with van der Waals surface area (Å²) in [4.78, 5) is 20.8. The van der Waals surface area contributed by atoms with Crippen LogP contribution in [0.1, 0.15) is 38.2 Å². The molecule has 6 rings (SSSR count). The smallest absolute Gasteiger partial charge is 0.414 e. The van der Waals surface area contributed by atoms with Crippen molar-refractivity contribution in [2.24, 2.45) is 0 Å². The second-order valence-corrected chi connectivity index (χ2v) is 11.3. The number of carbonyl (C=O) groups excluding carboxylic acids is 1. The highest BCUT2D eigenvalue weighted by Crippen LogP contribution is 2.31. The van der Waals surface area contributed by atoms with Gasteiger partial charge in [0, 0.05) is 67.2 Å². The maximum atomic E-state index is 13.7. The highest BCUT2D eigenvalue weighted by Gasteiger charge is 2.26. The van der Waals surface area contributed by atoms with Crippen molar-refractivity contribution in [1.29, 1.82) is 0 Å². The largest absolute Gasteiger partial charge is 0.488 e. The molecule has 2 fully saturated rings. The number of rotatable bonds is 8. The summed E-state index contributed by atoms with van der Waals surface area (Å²) in [5.41, 5.74) is 2.12. The van der Waals surface area contributed by atoms with Crippen molar-refractivity contribution in [3.05, 3.63) is 60.1 Å². The fourth-order valence-electron chi connectivity index (χ4n) is 5.98. The van der Waals surface area contributed by atoms with Crippen LogP contribution in [0.5, 0.6) is 11.6 Å². The number of aliphatic hydroxyl groups excluding tert-OH is 1. The predicted molar refractivity (Wildman–Crippen MR) is 168 cm³/mol. The number of piperidine rings is 2. The lowest BCUT2D eigenvalue weighted by atomic mass is 10.0. The molecule has 2 aromatic heterocycles. The second kappa shape index (κ2) is 14.6. The molecule has 43 heavy (non-hydrogen) atoms. The van der Waals surface area contributed by atoms with Gasteiger partial charge in [0.15, 0.2) is 0 Å². The number of hydrogen-bond acceptors (Lipinski definition) is 7. The number of aliphatic hydroxyl groups is 1. The molecule has 0 bridgehead atoms. The van der Waals surface area contributed by atoms with Gasteiger partial charge in [-0.25, -0.2) is 9.18 Å². The molecule has 0 aliphatic carbocycles. The first-order chi connectivity index (χ1) is 19.9. The number of nitrogens with one attached hydrogen (secondary N) is 2. The maximum absolute atomic E-state index is 13.7. The Morgan fingerprint density at radius 3 is 2.63 bits per heavy atom. The number of aromatic amines is 1. The van der Waals surface area contributed by atoms with E-state index in [1.54, 1.807) is 18.4 Å². The van der Waals surface area contributed by atoms with Gasteiger partial charge in [-0.2, -0.15) is 0 Å². The molecule has 4 aromatic rings. The van der Waals surface area contributed by atoms with Gasteiger partial charge in [0.2, 0.25) is 5.88 Å². The fraction of sp³-hybridized carbons (Fsp3) is 0.452. The van der Waals surface area contributed by atoms with Crippen molar-refractivity contribution in [1.82, 2.24) is 20.1 Å². The quantitative estimate of drug-likeness (QED) is 0.222. The Morgan fingerprint density at radius 1 is 1.09 bits per heavy atom. The topological polar surface area (TPSA) is 103 Å². The van der Waals surface area contributed by atoms with Gasteiger partial charge >= 0.3 is 6.09 Å². The molecular weight excluding hydrogens is 598 g/mol. The number of furan rings is 1. The van der Waals surface area contributed by atoms with Gasteiger partial charge in [-0.15, -0.1) is 24.8 Å². The lowest BCUT2D eigenvalue weighted by molar-refractivity contribution is 0.0501. The van der Waals surface area contributed by atoms with Crippen molar-refractivity contribution in [3.8, 4) is 11.6 Å². The SMILES string of the molecule is C[C@@H](CN1CCC(NC(=O)Oc2cc3c(OCc4coc5ccc(F)cc45)cccc3[nH]2)CC1)N1CCC(O)CC1.Cl.Cl. The van der Waals surface area contributed by atoms with Crippen LogP contribution in [0.25, 0.3) is 21.9 Å². The normalized spacial score (nSPS) is 17.7. The number of benzene rings is 2. The number of carbonyl (C=O) groups is 1. The van der Waals surface area contributed by atoms with Gasteiger partial charge in [-0.3, -0.25) is 4.90 Å². The van der Waals surface area contributed by atoms with E-state index in [0.717, 1.165) is 74.9 Å². The third-order valence-corrected chi connectivity index (χ3v) is 8.36. The van der Waals surface area contributed by atoms with Crippen molar-refractivity contribution in [2.75, 3.05) is 32.7 Å². The second-order valence-electron chi connectivity index (χ2n) is 11.3. The van der Waals surface area contributed by atoms with Crippen molar-refractivity contribution >= 4 is 52.8 Å². The summed E-state index contributed by atoms with van der Waals surface area (Å²) < 4.78 is 30.9. The molecule has 4 heterocycles. The Bertz CT molecular complexity index is 1500. The molecule has 1 amide bonds. The first kappa shape index (κ1) is 32.9. The van der Waals surface area contributed by atoms with E-state index in [-0.39, 0.29) is 49.4 Å². The lowest BCUT2D eigenvalue weighted by Crippen LogP contribution is -2.50. The van der Waals surface area contributed by atoms with Crippen LogP contribution in [-0.4, -0.2) is 76.9 Å². The van der Waals surface area contributed by atoms with E-state index in [0.29, 0.717) is 28.6 Å². The van der Waals surface area contributed by atoms with Crippen LogP contribution in [0, 0.1) is 5.82 Å². The summed E-state index contributed by atoms with van der Waals surface area (Å²) in [6, 6.07) is 12.3. The number of ether oxygens (including phenoxy) is 2. The van der Waals surface area contributed by atoms with Gasteiger partial charge in [-0.1, -0.05) is 6.07 Å². The Morgan fingerprint density at radius 2 is 1.86 bits per heavy atom. The average Bonchev–Trinajstić information content (AvgIpc) is 3.56. The Hall–Kier alpha value is -3.02. The van der Waals surface area contributed by atoms with Crippen LogP contribution in [-0.2, 0) is 6.61 Å². The number of hydrogen-bond donors (Lipinski definition) is 3. The minimum atomic E-state index is -0.482. The molecule has 0 saturated carbocycles. The van der Waals surface area contributed by atoms with E-state index in [1.807, 2.05) is 18.2 Å². The van der Waals surface area contributed by atoms with Gasteiger partial charge < -0.3 is 34.2 Å². The summed E-state index contributed by atoms with van der Waals surface area (Å²) >= 11 is 0. The maximum Gasteiger partial charge on any atom is 0.414 e. The average molecular weight is 638 g/mol. The number of amides is 1. The van der Waals surface area contributed by atoms with Crippen molar-refractivity contribution in [3.63, 3.8) is 0 Å². The first-order valence-electron chi connectivity index (χ1n) is 14.4. The molecule has 0 spiro atoms. The monoisotopic (exact) mass is 636 g/mol. The van der Waals surface area contributed by atoms with Crippen LogP contribution in [0.4, 0.5) is 9.18 Å². The molecular formula is C31H39Cl2FN4O5. The Labute approximate surface area is 262 Å². The van der Waals surface area contributed by atoms with Crippen molar-refractivity contribution < 1.29 is 28.2 Å². The minimum Gasteiger partial charge on any atom is -0.488 e. The number of H-pyrrole nitrogens is 1. The molecule has 2 aliphatic rings. The van der Waals surface area contributed by atoms with E-state index < -0.39 is 6.09 Å². The number of halogens is 3. The zero-order valence-electron chi connectivity index (χ0n) is 24.1.